The molecule has 0 spiro atoms. The number of benzene rings is 4. The minimum atomic E-state index is 0. The number of nitrogens with zero attached hydrogens (tertiary/aromatic N) is 1. The summed E-state index contributed by atoms with van der Waals surface area (Å²) in [5, 5.41) is 10.4. The van der Waals surface area contributed by atoms with Crippen molar-refractivity contribution in [3.05, 3.63) is 131 Å². The lowest BCUT2D eigenvalue weighted by Gasteiger charge is -2.26. The Labute approximate surface area is 213 Å². The van der Waals surface area contributed by atoms with Crippen LogP contribution in [0.1, 0.15) is 29.0 Å². The van der Waals surface area contributed by atoms with Crippen LogP contribution in [-0.4, -0.2) is 35.2 Å². The molecule has 0 aliphatic carbocycles. The molecule has 4 aromatic carbocycles. The molecule has 0 fully saturated rings. The zero-order valence-corrected chi connectivity index (χ0v) is 20.7. The third kappa shape index (κ3) is 7.51. The summed E-state index contributed by atoms with van der Waals surface area (Å²) in [7, 11) is 0. The van der Waals surface area contributed by atoms with Crippen LogP contribution in [0.15, 0.2) is 109 Å². The van der Waals surface area contributed by atoms with E-state index in [0.29, 0.717) is 12.5 Å². The first-order valence-corrected chi connectivity index (χ1v) is 12.4. The standard InChI is InChI=1S/C31H32ClNO.H2O/c32-31-18-10-9-17-30(31)29-16-8-7-15-28(29)23-27(26-13-5-2-6-14-26)19-20-33(21-22-34)24-25-11-3-1-4-12-25;/h1-18,27,34H,19-24H2;1H2/t27-;/m0./s1. The van der Waals surface area contributed by atoms with E-state index in [1.807, 2.05) is 24.3 Å². The van der Waals surface area contributed by atoms with Crippen LogP contribution in [-0.2, 0) is 13.0 Å². The molecule has 0 aromatic heterocycles. The first-order valence-electron chi connectivity index (χ1n) is 12.0. The van der Waals surface area contributed by atoms with Crippen molar-refractivity contribution in [3.8, 4) is 11.1 Å². The van der Waals surface area contributed by atoms with Crippen LogP contribution in [0.3, 0.4) is 0 Å². The Morgan fingerprint density at radius 2 is 1.29 bits per heavy atom. The molecule has 0 aliphatic heterocycles. The molecule has 0 amide bonds. The van der Waals surface area contributed by atoms with E-state index in [4.69, 9.17) is 11.6 Å². The number of hydrogen-bond acceptors (Lipinski definition) is 2. The summed E-state index contributed by atoms with van der Waals surface area (Å²) in [6.07, 6.45) is 1.94. The van der Waals surface area contributed by atoms with Crippen molar-refractivity contribution in [2.24, 2.45) is 0 Å². The van der Waals surface area contributed by atoms with E-state index < -0.39 is 0 Å². The van der Waals surface area contributed by atoms with Crippen molar-refractivity contribution in [3.63, 3.8) is 0 Å². The van der Waals surface area contributed by atoms with E-state index in [2.05, 4.69) is 89.8 Å². The van der Waals surface area contributed by atoms with E-state index in [-0.39, 0.29) is 12.1 Å². The first-order chi connectivity index (χ1) is 16.7. The van der Waals surface area contributed by atoms with Gasteiger partial charge in [0, 0.05) is 23.7 Å². The highest BCUT2D eigenvalue weighted by molar-refractivity contribution is 6.33. The molecule has 4 aromatic rings. The van der Waals surface area contributed by atoms with Gasteiger partial charge in [0.2, 0.25) is 0 Å². The highest BCUT2D eigenvalue weighted by Crippen LogP contribution is 2.34. The van der Waals surface area contributed by atoms with Crippen molar-refractivity contribution < 1.29 is 10.6 Å². The molecule has 35 heavy (non-hydrogen) atoms. The Kier molecular flexibility index (Phi) is 10.5. The van der Waals surface area contributed by atoms with Crippen molar-refractivity contribution in [2.45, 2.75) is 25.3 Å². The van der Waals surface area contributed by atoms with Gasteiger partial charge in [-0.2, -0.15) is 0 Å². The minimum absolute atomic E-state index is 0. The fraction of sp³-hybridized carbons (Fsp3) is 0.226. The van der Waals surface area contributed by atoms with Gasteiger partial charge in [-0.1, -0.05) is 115 Å². The number of aliphatic hydroxyl groups excluding tert-OH is 1. The molecule has 3 N–H and O–H groups in total. The van der Waals surface area contributed by atoms with Crippen molar-refractivity contribution in [1.29, 1.82) is 0 Å². The second-order valence-electron chi connectivity index (χ2n) is 8.72. The third-order valence-electron chi connectivity index (χ3n) is 6.38. The topological polar surface area (TPSA) is 55.0 Å². The molecule has 0 saturated heterocycles. The Bertz CT molecular complexity index is 1150. The monoisotopic (exact) mass is 487 g/mol. The zero-order valence-electron chi connectivity index (χ0n) is 20.0. The highest BCUT2D eigenvalue weighted by Gasteiger charge is 2.18. The summed E-state index contributed by atoms with van der Waals surface area (Å²) in [6, 6.07) is 38.0. The average molecular weight is 488 g/mol. The Balaban J connectivity index is 0.00000342. The van der Waals surface area contributed by atoms with Gasteiger partial charge in [-0.15, -0.1) is 0 Å². The fourth-order valence-corrected chi connectivity index (χ4v) is 4.85. The van der Waals surface area contributed by atoms with Gasteiger partial charge in [0.1, 0.15) is 0 Å². The average Bonchev–Trinajstić information content (AvgIpc) is 2.88. The second-order valence-corrected chi connectivity index (χ2v) is 9.13. The van der Waals surface area contributed by atoms with Crippen LogP contribution in [0.5, 0.6) is 0 Å². The number of hydrogen-bond donors (Lipinski definition) is 1. The van der Waals surface area contributed by atoms with Crippen LogP contribution >= 0.6 is 11.6 Å². The summed E-state index contributed by atoms with van der Waals surface area (Å²) < 4.78 is 0. The van der Waals surface area contributed by atoms with Gasteiger partial charge < -0.3 is 10.6 Å². The molecule has 4 heteroatoms. The van der Waals surface area contributed by atoms with E-state index in [9.17, 15) is 5.11 Å². The number of aliphatic hydroxyl groups is 1. The lowest BCUT2D eigenvalue weighted by Crippen LogP contribution is -2.29. The lowest BCUT2D eigenvalue weighted by atomic mass is 9.86. The predicted octanol–water partition coefficient (Wildman–Crippen LogP) is 6.39. The summed E-state index contributed by atoms with van der Waals surface area (Å²) >= 11 is 6.57. The fourth-order valence-electron chi connectivity index (χ4n) is 4.61. The van der Waals surface area contributed by atoms with Crippen molar-refractivity contribution in [2.75, 3.05) is 19.7 Å². The number of halogens is 1. The van der Waals surface area contributed by atoms with Crippen LogP contribution in [0.4, 0.5) is 0 Å². The van der Waals surface area contributed by atoms with Gasteiger partial charge in [0.25, 0.3) is 0 Å². The molecule has 4 rings (SSSR count). The van der Waals surface area contributed by atoms with E-state index in [0.717, 1.165) is 36.5 Å². The Morgan fingerprint density at radius 3 is 1.97 bits per heavy atom. The Morgan fingerprint density at radius 1 is 0.686 bits per heavy atom. The molecule has 0 bridgehead atoms. The van der Waals surface area contributed by atoms with E-state index >= 15 is 0 Å². The highest BCUT2D eigenvalue weighted by atomic mass is 35.5. The van der Waals surface area contributed by atoms with E-state index in [1.54, 1.807) is 0 Å². The third-order valence-corrected chi connectivity index (χ3v) is 6.71. The van der Waals surface area contributed by atoms with Gasteiger partial charge >= 0.3 is 0 Å². The molecular weight excluding hydrogens is 454 g/mol. The molecule has 1 atom stereocenters. The quantitative estimate of drug-likeness (QED) is 0.266. The molecular formula is C31H34ClNO2. The van der Waals surface area contributed by atoms with Crippen LogP contribution in [0.25, 0.3) is 11.1 Å². The predicted molar refractivity (Wildman–Crippen MR) is 147 cm³/mol. The normalized spacial score (nSPS) is 11.7. The molecule has 0 radical (unpaired) electrons. The molecule has 0 unspecified atom stereocenters. The Hall–Kier alpha value is -2.95. The molecule has 0 heterocycles. The summed E-state index contributed by atoms with van der Waals surface area (Å²) in [5.74, 6) is 0.363. The van der Waals surface area contributed by atoms with Crippen LogP contribution in [0.2, 0.25) is 5.02 Å². The summed E-state index contributed by atoms with van der Waals surface area (Å²) in [6.45, 7) is 2.60. The maximum absolute atomic E-state index is 9.67. The summed E-state index contributed by atoms with van der Waals surface area (Å²) in [5.41, 5.74) is 6.21. The molecule has 3 nitrogen and oxygen atoms in total. The number of rotatable bonds is 11. The summed E-state index contributed by atoms with van der Waals surface area (Å²) in [4.78, 5) is 2.35. The molecule has 0 aliphatic rings. The first kappa shape index (κ1) is 26.7. The van der Waals surface area contributed by atoms with Crippen molar-refractivity contribution in [1.82, 2.24) is 4.90 Å². The maximum Gasteiger partial charge on any atom is 0.0558 e. The van der Waals surface area contributed by atoms with Crippen molar-refractivity contribution >= 4 is 11.6 Å². The van der Waals surface area contributed by atoms with Gasteiger partial charge in [0.15, 0.2) is 0 Å². The second kappa shape index (κ2) is 13.8. The largest absolute Gasteiger partial charge is 0.412 e. The van der Waals surface area contributed by atoms with Gasteiger partial charge in [-0.3, -0.25) is 4.90 Å². The smallest absolute Gasteiger partial charge is 0.0558 e. The van der Waals surface area contributed by atoms with Gasteiger partial charge in [-0.25, -0.2) is 0 Å². The SMILES string of the molecule is O.OCCN(CC[C@@H](Cc1ccccc1-c1ccccc1Cl)c1ccccc1)Cc1ccccc1. The van der Waals surface area contributed by atoms with Crippen LogP contribution < -0.4 is 0 Å². The lowest BCUT2D eigenvalue weighted by molar-refractivity contribution is 0.185. The maximum atomic E-state index is 9.67. The van der Waals surface area contributed by atoms with Crippen LogP contribution in [0, 0.1) is 0 Å². The van der Waals surface area contributed by atoms with Gasteiger partial charge in [0.05, 0.1) is 6.61 Å². The molecule has 0 saturated carbocycles. The van der Waals surface area contributed by atoms with E-state index in [1.165, 1.54) is 22.3 Å². The minimum Gasteiger partial charge on any atom is -0.412 e. The molecule has 182 valence electrons. The zero-order chi connectivity index (χ0) is 23.6. The van der Waals surface area contributed by atoms with Gasteiger partial charge in [-0.05, 0) is 53.6 Å².